The third-order valence-electron chi connectivity index (χ3n) is 4.06. The summed E-state index contributed by atoms with van der Waals surface area (Å²) in [5.41, 5.74) is 5.33. The molecule has 20 heavy (non-hydrogen) atoms. The molecule has 0 unspecified atom stereocenters. The Morgan fingerprint density at radius 2 is 1.90 bits per heavy atom. The highest BCUT2D eigenvalue weighted by Gasteiger charge is 2.32. The summed E-state index contributed by atoms with van der Waals surface area (Å²) in [6.07, 6.45) is 0. The Bertz CT molecular complexity index is 616. The molecule has 0 aliphatic carbocycles. The van der Waals surface area contributed by atoms with Crippen LogP contribution in [0.3, 0.4) is 0 Å². The van der Waals surface area contributed by atoms with Crippen molar-refractivity contribution in [1.82, 2.24) is 0 Å². The van der Waals surface area contributed by atoms with Crippen LogP contribution in [0.15, 0.2) is 48.5 Å². The van der Waals surface area contributed by atoms with Crippen LogP contribution < -0.4 is 10.2 Å². The fourth-order valence-electron chi connectivity index (χ4n) is 2.88. The van der Waals surface area contributed by atoms with Gasteiger partial charge < -0.3 is 10.2 Å². The molecule has 0 saturated carbocycles. The molecule has 1 heterocycles. The molecule has 0 amide bonds. The van der Waals surface area contributed by atoms with Gasteiger partial charge in [-0.2, -0.15) is 0 Å². The molecule has 0 saturated heterocycles. The lowest BCUT2D eigenvalue weighted by molar-refractivity contribution is 0.469. The molecule has 0 bridgehead atoms. The minimum absolute atomic E-state index is 0.109. The van der Waals surface area contributed by atoms with Crippen molar-refractivity contribution in [3.8, 4) is 0 Å². The Morgan fingerprint density at radius 1 is 1.10 bits per heavy atom. The molecular formula is C18H22N2. The fraction of sp³-hybridized carbons (Fsp3) is 0.333. The number of nitrogens with one attached hydrogen (secondary N) is 1. The molecule has 0 radical (unpaired) electrons. The summed E-state index contributed by atoms with van der Waals surface area (Å²) < 4.78 is 0. The Kier molecular flexibility index (Phi) is 3.17. The first-order valence-electron chi connectivity index (χ1n) is 7.22. The second-order valence-corrected chi connectivity index (χ2v) is 6.26. The Labute approximate surface area is 121 Å². The monoisotopic (exact) mass is 266 g/mol. The molecule has 0 aromatic heterocycles. The van der Waals surface area contributed by atoms with Gasteiger partial charge in [0, 0.05) is 13.1 Å². The Morgan fingerprint density at radius 3 is 2.70 bits per heavy atom. The minimum atomic E-state index is 0.109. The maximum atomic E-state index is 3.54. The van der Waals surface area contributed by atoms with Gasteiger partial charge >= 0.3 is 0 Å². The molecule has 3 rings (SSSR count). The van der Waals surface area contributed by atoms with Gasteiger partial charge in [0.05, 0.1) is 16.9 Å². The quantitative estimate of drug-likeness (QED) is 0.876. The van der Waals surface area contributed by atoms with Crippen LogP contribution in [0.2, 0.25) is 0 Å². The van der Waals surface area contributed by atoms with Crippen LogP contribution in [0.1, 0.15) is 25.0 Å². The summed E-state index contributed by atoms with van der Waals surface area (Å²) in [4.78, 5) is 2.51. The van der Waals surface area contributed by atoms with Crippen LogP contribution in [-0.2, 0) is 6.54 Å². The van der Waals surface area contributed by atoms with Crippen LogP contribution in [0.5, 0.6) is 0 Å². The smallest absolute Gasteiger partial charge is 0.0610 e. The highest BCUT2D eigenvalue weighted by Crippen LogP contribution is 2.36. The van der Waals surface area contributed by atoms with E-state index in [0.29, 0.717) is 0 Å². The van der Waals surface area contributed by atoms with E-state index in [2.05, 4.69) is 79.5 Å². The standard InChI is InChI=1S/C18H22N2/c1-14-7-6-8-15(11-14)12-20-17-10-5-4-9-16(17)19-13-18(20,2)3/h4-11,19H,12-13H2,1-3H3. The highest BCUT2D eigenvalue weighted by molar-refractivity contribution is 5.73. The van der Waals surface area contributed by atoms with Crippen LogP contribution >= 0.6 is 0 Å². The van der Waals surface area contributed by atoms with E-state index in [9.17, 15) is 0 Å². The van der Waals surface area contributed by atoms with Gasteiger partial charge in [-0.1, -0.05) is 42.0 Å². The Balaban J connectivity index is 1.97. The summed E-state index contributed by atoms with van der Waals surface area (Å²) in [7, 11) is 0. The van der Waals surface area contributed by atoms with E-state index < -0.39 is 0 Å². The first-order valence-corrected chi connectivity index (χ1v) is 7.22. The predicted molar refractivity (Wildman–Crippen MR) is 86.4 cm³/mol. The van der Waals surface area contributed by atoms with Gasteiger partial charge in [0.15, 0.2) is 0 Å². The second kappa shape index (κ2) is 4.86. The molecule has 1 aliphatic heterocycles. The summed E-state index contributed by atoms with van der Waals surface area (Å²) in [5.74, 6) is 0. The summed E-state index contributed by atoms with van der Waals surface area (Å²) in [6.45, 7) is 8.67. The number of anilines is 2. The maximum absolute atomic E-state index is 3.54. The zero-order chi connectivity index (χ0) is 14.2. The van der Waals surface area contributed by atoms with E-state index in [1.807, 2.05) is 0 Å². The lowest BCUT2D eigenvalue weighted by atomic mass is 9.96. The van der Waals surface area contributed by atoms with Crippen molar-refractivity contribution in [3.63, 3.8) is 0 Å². The van der Waals surface area contributed by atoms with Gasteiger partial charge in [0.1, 0.15) is 0 Å². The van der Waals surface area contributed by atoms with Crippen molar-refractivity contribution in [2.24, 2.45) is 0 Å². The largest absolute Gasteiger partial charge is 0.381 e. The topological polar surface area (TPSA) is 15.3 Å². The number of benzene rings is 2. The SMILES string of the molecule is Cc1cccc(CN2c3ccccc3NCC2(C)C)c1. The number of nitrogens with zero attached hydrogens (tertiary/aromatic N) is 1. The summed E-state index contributed by atoms with van der Waals surface area (Å²) in [6, 6.07) is 17.4. The van der Waals surface area contributed by atoms with E-state index in [0.717, 1.165) is 13.1 Å². The molecule has 1 aliphatic rings. The first kappa shape index (κ1) is 13.0. The Hall–Kier alpha value is -1.96. The summed E-state index contributed by atoms with van der Waals surface area (Å²) in [5, 5.41) is 3.54. The van der Waals surface area contributed by atoms with Gasteiger partial charge in [0.25, 0.3) is 0 Å². The molecule has 0 atom stereocenters. The van der Waals surface area contributed by atoms with Crippen LogP contribution in [0.4, 0.5) is 11.4 Å². The van der Waals surface area contributed by atoms with Crippen molar-refractivity contribution in [1.29, 1.82) is 0 Å². The summed E-state index contributed by atoms with van der Waals surface area (Å²) >= 11 is 0. The normalized spacial score (nSPS) is 16.4. The molecule has 2 aromatic rings. The number of fused-ring (bicyclic) bond motifs is 1. The lowest BCUT2D eigenvalue weighted by Gasteiger charge is -2.45. The average molecular weight is 266 g/mol. The molecule has 2 heteroatoms. The van der Waals surface area contributed by atoms with Crippen LogP contribution in [-0.4, -0.2) is 12.1 Å². The molecule has 0 fully saturated rings. The van der Waals surface area contributed by atoms with E-state index >= 15 is 0 Å². The van der Waals surface area contributed by atoms with Crippen LogP contribution in [0, 0.1) is 6.92 Å². The van der Waals surface area contributed by atoms with E-state index in [4.69, 9.17) is 0 Å². The van der Waals surface area contributed by atoms with Gasteiger partial charge in [-0.25, -0.2) is 0 Å². The van der Waals surface area contributed by atoms with Gasteiger partial charge in [-0.15, -0.1) is 0 Å². The number of rotatable bonds is 2. The molecule has 1 N–H and O–H groups in total. The van der Waals surface area contributed by atoms with Crippen LogP contribution in [0.25, 0.3) is 0 Å². The zero-order valence-electron chi connectivity index (χ0n) is 12.5. The predicted octanol–water partition coefficient (Wildman–Crippen LogP) is 4.21. The van der Waals surface area contributed by atoms with Crippen molar-refractivity contribution in [2.45, 2.75) is 32.9 Å². The molecule has 2 nitrogen and oxygen atoms in total. The molecule has 104 valence electrons. The van der Waals surface area contributed by atoms with Crippen molar-refractivity contribution >= 4 is 11.4 Å². The van der Waals surface area contributed by atoms with E-state index in [1.165, 1.54) is 22.5 Å². The van der Waals surface area contributed by atoms with E-state index in [-0.39, 0.29) is 5.54 Å². The van der Waals surface area contributed by atoms with Gasteiger partial charge in [0.2, 0.25) is 0 Å². The third kappa shape index (κ3) is 2.38. The number of hydrogen-bond acceptors (Lipinski definition) is 2. The molecule has 0 spiro atoms. The lowest BCUT2D eigenvalue weighted by Crippen LogP contribution is -2.51. The molecular weight excluding hydrogens is 244 g/mol. The third-order valence-corrected chi connectivity index (χ3v) is 4.06. The first-order chi connectivity index (χ1) is 9.56. The average Bonchev–Trinajstić information content (AvgIpc) is 2.42. The molecule has 2 aromatic carbocycles. The number of hydrogen-bond donors (Lipinski definition) is 1. The fourth-order valence-corrected chi connectivity index (χ4v) is 2.88. The number of aryl methyl sites for hydroxylation is 1. The van der Waals surface area contributed by atoms with Crippen molar-refractivity contribution < 1.29 is 0 Å². The van der Waals surface area contributed by atoms with Gasteiger partial charge in [-0.05, 0) is 38.5 Å². The maximum Gasteiger partial charge on any atom is 0.0610 e. The minimum Gasteiger partial charge on any atom is -0.381 e. The van der Waals surface area contributed by atoms with E-state index in [1.54, 1.807) is 0 Å². The number of para-hydroxylation sites is 2. The highest BCUT2D eigenvalue weighted by atomic mass is 15.3. The second-order valence-electron chi connectivity index (χ2n) is 6.26. The van der Waals surface area contributed by atoms with Crippen molar-refractivity contribution in [2.75, 3.05) is 16.8 Å². The zero-order valence-corrected chi connectivity index (χ0v) is 12.5. The van der Waals surface area contributed by atoms with Crippen molar-refractivity contribution in [3.05, 3.63) is 59.7 Å². The van der Waals surface area contributed by atoms with Gasteiger partial charge in [-0.3, -0.25) is 0 Å².